The monoisotopic (exact) mass is 413 g/mol. The standard InChI is InChI=1S/C22H23NO5S/c1-14-5-10-19(29(26,27)23-18-8-9-18)12-20(14)22(25)28-13-21(24)17-7-6-15-3-2-4-16(15)11-17/h5-7,10-12,18,23H,2-4,8-9,13H2,1H3. The smallest absolute Gasteiger partial charge is 0.338 e. The topological polar surface area (TPSA) is 89.5 Å². The fourth-order valence-electron chi connectivity index (χ4n) is 3.51. The van der Waals surface area contributed by atoms with E-state index in [4.69, 9.17) is 4.74 Å². The summed E-state index contributed by atoms with van der Waals surface area (Å²) in [5, 5.41) is 0. The molecule has 0 amide bonds. The number of hydrogen-bond donors (Lipinski definition) is 1. The molecule has 0 bridgehead atoms. The van der Waals surface area contributed by atoms with Gasteiger partial charge in [0.2, 0.25) is 10.0 Å². The zero-order valence-corrected chi connectivity index (χ0v) is 17.1. The zero-order valence-electron chi connectivity index (χ0n) is 16.2. The molecule has 2 aliphatic carbocycles. The summed E-state index contributed by atoms with van der Waals surface area (Å²) in [4.78, 5) is 25.0. The molecule has 2 aromatic rings. The average Bonchev–Trinajstić information content (AvgIpc) is 3.37. The van der Waals surface area contributed by atoms with Gasteiger partial charge in [-0.05, 0) is 73.9 Å². The second kappa shape index (κ2) is 7.72. The number of benzene rings is 2. The molecule has 0 saturated heterocycles. The Morgan fingerprint density at radius 1 is 1.07 bits per heavy atom. The SMILES string of the molecule is Cc1ccc(S(=O)(=O)NC2CC2)cc1C(=O)OCC(=O)c1ccc2c(c1)CCC2. The minimum Gasteiger partial charge on any atom is -0.454 e. The van der Waals surface area contributed by atoms with Gasteiger partial charge >= 0.3 is 5.97 Å². The summed E-state index contributed by atoms with van der Waals surface area (Å²) in [7, 11) is -3.67. The molecular formula is C22H23NO5S. The molecule has 4 rings (SSSR count). The van der Waals surface area contributed by atoms with E-state index in [0.717, 1.165) is 32.1 Å². The molecule has 1 saturated carbocycles. The highest BCUT2D eigenvalue weighted by Crippen LogP contribution is 2.24. The van der Waals surface area contributed by atoms with Gasteiger partial charge in [0.05, 0.1) is 10.5 Å². The van der Waals surface area contributed by atoms with Crippen LogP contribution in [0.3, 0.4) is 0 Å². The third-order valence-corrected chi connectivity index (χ3v) is 6.91. The summed E-state index contributed by atoms with van der Waals surface area (Å²) in [6.07, 6.45) is 4.74. The first-order chi connectivity index (χ1) is 13.8. The third-order valence-electron chi connectivity index (χ3n) is 5.39. The molecule has 2 aromatic carbocycles. The maximum Gasteiger partial charge on any atom is 0.338 e. The summed E-state index contributed by atoms with van der Waals surface area (Å²) < 4.78 is 32.6. The van der Waals surface area contributed by atoms with Crippen LogP contribution in [-0.2, 0) is 27.6 Å². The highest BCUT2D eigenvalue weighted by Gasteiger charge is 2.28. The fourth-order valence-corrected chi connectivity index (χ4v) is 4.85. The first-order valence-corrected chi connectivity index (χ1v) is 11.3. The average molecular weight is 413 g/mol. The quantitative estimate of drug-likeness (QED) is 0.557. The number of carbonyl (C=O) groups is 2. The van der Waals surface area contributed by atoms with Crippen LogP contribution in [0.25, 0.3) is 0 Å². The van der Waals surface area contributed by atoms with Crippen LogP contribution in [-0.4, -0.2) is 32.8 Å². The van der Waals surface area contributed by atoms with Crippen LogP contribution in [0.5, 0.6) is 0 Å². The molecular weight excluding hydrogens is 390 g/mol. The van der Waals surface area contributed by atoms with Crippen molar-refractivity contribution in [3.05, 3.63) is 64.2 Å². The Kier molecular flexibility index (Phi) is 5.27. The lowest BCUT2D eigenvalue weighted by molar-refractivity contribution is 0.0473. The van der Waals surface area contributed by atoms with Crippen molar-refractivity contribution in [2.45, 2.75) is 50.0 Å². The Bertz CT molecular complexity index is 1090. The summed E-state index contributed by atoms with van der Waals surface area (Å²) >= 11 is 0. The lowest BCUT2D eigenvalue weighted by Crippen LogP contribution is -2.26. The predicted molar refractivity (Wildman–Crippen MR) is 108 cm³/mol. The Labute approximate surface area is 170 Å². The van der Waals surface area contributed by atoms with Crippen molar-refractivity contribution in [1.82, 2.24) is 4.72 Å². The van der Waals surface area contributed by atoms with Gasteiger partial charge in [-0.3, -0.25) is 4.79 Å². The number of sulfonamides is 1. The molecule has 0 heterocycles. The minimum atomic E-state index is -3.67. The molecule has 152 valence electrons. The lowest BCUT2D eigenvalue weighted by Gasteiger charge is -2.10. The predicted octanol–water partition coefficient (Wildman–Crippen LogP) is 2.96. The van der Waals surface area contributed by atoms with Gasteiger partial charge in [0.1, 0.15) is 0 Å². The number of ketones is 1. The number of nitrogens with one attached hydrogen (secondary N) is 1. The summed E-state index contributed by atoms with van der Waals surface area (Å²) in [5.41, 5.74) is 3.71. The van der Waals surface area contributed by atoms with Gasteiger partial charge in [-0.25, -0.2) is 17.9 Å². The molecule has 0 aromatic heterocycles. The molecule has 0 atom stereocenters. The zero-order chi connectivity index (χ0) is 20.6. The maximum atomic E-state index is 12.5. The van der Waals surface area contributed by atoms with Crippen molar-refractivity contribution in [2.24, 2.45) is 0 Å². The first-order valence-electron chi connectivity index (χ1n) is 9.78. The van der Waals surface area contributed by atoms with Crippen molar-refractivity contribution >= 4 is 21.8 Å². The van der Waals surface area contributed by atoms with E-state index in [9.17, 15) is 18.0 Å². The minimum absolute atomic E-state index is 0.0203. The maximum absolute atomic E-state index is 12.5. The van der Waals surface area contributed by atoms with E-state index in [0.29, 0.717) is 11.1 Å². The van der Waals surface area contributed by atoms with Crippen LogP contribution in [0.2, 0.25) is 0 Å². The van der Waals surface area contributed by atoms with E-state index < -0.39 is 16.0 Å². The van der Waals surface area contributed by atoms with Crippen molar-refractivity contribution in [3.63, 3.8) is 0 Å². The molecule has 29 heavy (non-hydrogen) atoms. The van der Waals surface area contributed by atoms with Gasteiger partial charge in [-0.2, -0.15) is 0 Å². The Hall–Kier alpha value is -2.51. The summed E-state index contributed by atoms with van der Waals surface area (Å²) in [5.74, 6) is -0.981. The summed E-state index contributed by atoms with van der Waals surface area (Å²) in [6, 6.07) is 9.92. The van der Waals surface area contributed by atoms with Gasteiger partial charge in [0, 0.05) is 11.6 Å². The second-order valence-corrected chi connectivity index (χ2v) is 9.42. The highest BCUT2D eigenvalue weighted by molar-refractivity contribution is 7.89. The van der Waals surface area contributed by atoms with Crippen molar-refractivity contribution < 1.29 is 22.7 Å². The van der Waals surface area contributed by atoms with Crippen molar-refractivity contribution in [3.8, 4) is 0 Å². The number of hydrogen-bond acceptors (Lipinski definition) is 5. The molecule has 7 heteroatoms. The Morgan fingerprint density at radius 3 is 2.59 bits per heavy atom. The number of aryl methyl sites for hydroxylation is 3. The van der Waals surface area contributed by atoms with Gasteiger partial charge in [0.15, 0.2) is 12.4 Å². The number of esters is 1. The highest BCUT2D eigenvalue weighted by atomic mass is 32.2. The van der Waals surface area contributed by atoms with E-state index in [1.54, 1.807) is 19.1 Å². The van der Waals surface area contributed by atoms with Crippen LogP contribution in [0.15, 0.2) is 41.3 Å². The molecule has 0 unspecified atom stereocenters. The van der Waals surface area contributed by atoms with E-state index in [1.807, 2.05) is 12.1 Å². The number of rotatable bonds is 7. The number of fused-ring (bicyclic) bond motifs is 1. The van der Waals surface area contributed by atoms with E-state index >= 15 is 0 Å². The Morgan fingerprint density at radius 2 is 1.83 bits per heavy atom. The van der Waals surface area contributed by atoms with Crippen LogP contribution < -0.4 is 4.72 Å². The van der Waals surface area contributed by atoms with Crippen LogP contribution >= 0.6 is 0 Å². The first kappa shape index (κ1) is 19.8. The molecule has 0 radical (unpaired) electrons. The molecule has 1 fully saturated rings. The largest absolute Gasteiger partial charge is 0.454 e. The van der Waals surface area contributed by atoms with Gasteiger partial charge in [-0.1, -0.05) is 18.2 Å². The molecule has 0 spiro atoms. The molecule has 6 nitrogen and oxygen atoms in total. The summed E-state index contributed by atoms with van der Waals surface area (Å²) in [6.45, 7) is 1.32. The van der Waals surface area contributed by atoms with E-state index in [-0.39, 0.29) is 28.9 Å². The lowest BCUT2D eigenvalue weighted by atomic mass is 10.0. The van der Waals surface area contributed by atoms with Gasteiger partial charge in [-0.15, -0.1) is 0 Å². The fraction of sp³-hybridized carbons (Fsp3) is 0.364. The number of carbonyl (C=O) groups excluding carboxylic acids is 2. The van der Waals surface area contributed by atoms with Crippen LogP contribution in [0.1, 0.15) is 56.7 Å². The second-order valence-electron chi connectivity index (χ2n) is 7.71. The molecule has 0 aliphatic heterocycles. The van der Waals surface area contributed by atoms with Crippen molar-refractivity contribution in [1.29, 1.82) is 0 Å². The molecule has 1 N–H and O–H groups in total. The number of Topliss-reactive ketones (excluding diaryl/α,β-unsaturated/α-hetero) is 1. The number of ether oxygens (including phenoxy) is 1. The van der Waals surface area contributed by atoms with Crippen molar-refractivity contribution in [2.75, 3.05) is 6.61 Å². The normalized spacial score (nSPS) is 15.8. The van der Waals surface area contributed by atoms with Crippen LogP contribution in [0, 0.1) is 6.92 Å². The van der Waals surface area contributed by atoms with E-state index in [2.05, 4.69) is 4.72 Å². The van der Waals surface area contributed by atoms with Crippen LogP contribution in [0.4, 0.5) is 0 Å². The Balaban J connectivity index is 1.45. The van der Waals surface area contributed by atoms with Gasteiger partial charge < -0.3 is 4.74 Å². The van der Waals surface area contributed by atoms with Gasteiger partial charge in [0.25, 0.3) is 0 Å². The third kappa shape index (κ3) is 4.41. The van der Waals surface area contributed by atoms with E-state index in [1.165, 1.54) is 23.3 Å². The molecule has 2 aliphatic rings.